The van der Waals surface area contributed by atoms with E-state index in [4.69, 9.17) is 4.74 Å². The van der Waals surface area contributed by atoms with Crippen LogP contribution in [0.1, 0.15) is 16.1 Å². The smallest absolute Gasteiger partial charge is 0.327 e. The number of para-hydroxylation sites is 1. The molecule has 0 atom stereocenters. The Hall–Kier alpha value is -3.57. The van der Waals surface area contributed by atoms with E-state index >= 15 is 0 Å². The molecule has 2 aromatic heterocycles. The topological polar surface area (TPSA) is 115 Å². The summed E-state index contributed by atoms with van der Waals surface area (Å²) in [4.78, 5) is 41.8. The molecule has 0 saturated heterocycles. The molecule has 1 aliphatic rings. The second-order valence-electron chi connectivity index (χ2n) is 6.75. The van der Waals surface area contributed by atoms with E-state index in [-0.39, 0.29) is 28.3 Å². The molecule has 0 saturated carbocycles. The van der Waals surface area contributed by atoms with Crippen LogP contribution in [0.15, 0.2) is 64.3 Å². The number of carbonyl (C=O) groups is 2. The Bertz CT molecular complexity index is 1550. The maximum atomic E-state index is 12.5. The molecule has 0 N–H and O–H groups in total. The van der Waals surface area contributed by atoms with Crippen molar-refractivity contribution in [3.05, 3.63) is 76.2 Å². The third kappa shape index (κ3) is 3.09. The minimum atomic E-state index is -4.11. The lowest BCUT2D eigenvalue weighted by atomic mass is 10.2. The highest BCUT2D eigenvalue weighted by Gasteiger charge is 2.42. The van der Waals surface area contributed by atoms with Gasteiger partial charge in [0.25, 0.3) is 21.5 Å². The molecule has 1 amide bonds. The Morgan fingerprint density at radius 1 is 1.06 bits per heavy atom. The van der Waals surface area contributed by atoms with Crippen LogP contribution in [0.4, 0.5) is 0 Å². The number of ether oxygens (including phenoxy) is 1. The van der Waals surface area contributed by atoms with Gasteiger partial charge in [-0.2, -0.15) is 0 Å². The van der Waals surface area contributed by atoms with Crippen molar-refractivity contribution >= 4 is 48.4 Å². The SMILES string of the molecule is O=C(CN1C(=O)c2ccccc2S1(=O)=O)OCc1cc(=O)n2c(n1)sc1ccccc12. The summed E-state index contributed by atoms with van der Waals surface area (Å²) in [6, 6.07) is 14.4. The van der Waals surface area contributed by atoms with E-state index < -0.39 is 28.4 Å². The third-order valence-corrected chi connectivity index (χ3v) is 7.62. The van der Waals surface area contributed by atoms with Crippen molar-refractivity contribution in [2.75, 3.05) is 6.54 Å². The number of hydrogen-bond acceptors (Lipinski definition) is 8. The van der Waals surface area contributed by atoms with Gasteiger partial charge in [-0.05, 0) is 24.3 Å². The van der Waals surface area contributed by atoms with Crippen molar-refractivity contribution in [3.63, 3.8) is 0 Å². The Balaban J connectivity index is 1.34. The van der Waals surface area contributed by atoms with Crippen molar-refractivity contribution in [2.45, 2.75) is 11.5 Å². The molecule has 2 aromatic carbocycles. The predicted octanol–water partition coefficient (Wildman–Crippen LogP) is 1.80. The van der Waals surface area contributed by atoms with Crippen LogP contribution in [0.25, 0.3) is 15.2 Å². The molecule has 156 valence electrons. The van der Waals surface area contributed by atoms with Crippen molar-refractivity contribution in [3.8, 4) is 0 Å². The van der Waals surface area contributed by atoms with Gasteiger partial charge in [-0.1, -0.05) is 35.6 Å². The van der Waals surface area contributed by atoms with Gasteiger partial charge in [0.2, 0.25) is 0 Å². The van der Waals surface area contributed by atoms with Gasteiger partial charge in [0, 0.05) is 6.07 Å². The lowest BCUT2D eigenvalue weighted by Crippen LogP contribution is -2.35. The van der Waals surface area contributed by atoms with Crippen LogP contribution in [0.3, 0.4) is 0 Å². The predicted molar refractivity (Wildman–Crippen MR) is 111 cm³/mol. The number of aromatic nitrogens is 2. The molecule has 11 heteroatoms. The summed E-state index contributed by atoms with van der Waals surface area (Å²) >= 11 is 1.32. The van der Waals surface area contributed by atoms with Crippen LogP contribution in [-0.2, 0) is 26.2 Å². The van der Waals surface area contributed by atoms with Crippen molar-refractivity contribution in [1.82, 2.24) is 13.7 Å². The monoisotopic (exact) mass is 455 g/mol. The van der Waals surface area contributed by atoms with Crippen molar-refractivity contribution < 1.29 is 22.7 Å². The minimum absolute atomic E-state index is 0.0141. The molecule has 0 radical (unpaired) electrons. The second kappa shape index (κ2) is 7.00. The fourth-order valence-corrected chi connectivity index (χ4v) is 5.96. The highest BCUT2D eigenvalue weighted by atomic mass is 32.2. The number of esters is 1. The average molecular weight is 455 g/mol. The number of carbonyl (C=O) groups excluding carboxylic acids is 2. The Kier molecular flexibility index (Phi) is 4.38. The van der Waals surface area contributed by atoms with Crippen LogP contribution >= 0.6 is 11.3 Å². The number of thiazole rings is 1. The molecule has 0 bridgehead atoms. The van der Waals surface area contributed by atoms with Crippen LogP contribution < -0.4 is 5.56 Å². The summed E-state index contributed by atoms with van der Waals surface area (Å²) in [6.07, 6.45) is 0. The fourth-order valence-electron chi connectivity index (χ4n) is 3.40. The summed E-state index contributed by atoms with van der Waals surface area (Å²) in [5, 5.41) is 0. The van der Waals surface area contributed by atoms with Crippen molar-refractivity contribution in [2.24, 2.45) is 0 Å². The quantitative estimate of drug-likeness (QED) is 0.431. The van der Waals surface area contributed by atoms with E-state index in [9.17, 15) is 22.8 Å². The number of nitrogens with zero attached hydrogens (tertiary/aromatic N) is 3. The van der Waals surface area contributed by atoms with E-state index in [1.165, 1.54) is 40.0 Å². The standard InChI is InChI=1S/C20H13N3O6S2/c24-17-9-12(21-20-23(17)14-6-2-3-7-15(14)30-20)11-29-18(25)10-22-19(26)13-5-1-4-8-16(13)31(22,27)28/h1-9H,10-11H2. The molecular weight excluding hydrogens is 442 g/mol. The van der Waals surface area contributed by atoms with E-state index in [1.807, 2.05) is 24.3 Å². The molecule has 1 aliphatic heterocycles. The Morgan fingerprint density at radius 2 is 1.81 bits per heavy atom. The second-order valence-corrected chi connectivity index (χ2v) is 9.59. The fraction of sp³-hybridized carbons (Fsp3) is 0.100. The first-order valence-electron chi connectivity index (χ1n) is 9.08. The van der Waals surface area contributed by atoms with Gasteiger partial charge in [0.1, 0.15) is 18.0 Å². The average Bonchev–Trinajstić information content (AvgIpc) is 3.22. The van der Waals surface area contributed by atoms with E-state index in [0.717, 1.165) is 10.2 Å². The molecule has 0 fully saturated rings. The summed E-state index contributed by atoms with van der Waals surface area (Å²) < 4.78 is 33.0. The number of rotatable bonds is 4. The summed E-state index contributed by atoms with van der Waals surface area (Å²) in [6.45, 7) is -1.09. The molecule has 0 unspecified atom stereocenters. The molecule has 3 heterocycles. The van der Waals surface area contributed by atoms with Gasteiger partial charge in [0.15, 0.2) is 4.96 Å². The number of hydrogen-bond donors (Lipinski definition) is 0. The first-order chi connectivity index (χ1) is 14.9. The van der Waals surface area contributed by atoms with Gasteiger partial charge in [0.05, 0.1) is 21.5 Å². The van der Waals surface area contributed by atoms with E-state index in [1.54, 1.807) is 6.07 Å². The van der Waals surface area contributed by atoms with Gasteiger partial charge < -0.3 is 4.74 Å². The van der Waals surface area contributed by atoms with E-state index in [2.05, 4.69) is 4.98 Å². The Labute approximate surface area is 179 Å². The van der Waals surface area contributed by atoms with Crippen LogP contribution in [0.5, 0.6) is 0 Å². The Morgan fingerprint density at radius 3 is 2.61 bits per heavy atom. The van der Waals surface area contributed by atoms with E-state index in [0.29, 0.717) is 9.27 Å². The van der Waals surface area contributed by atoms with Crippen LogP contribution in [-0.4, -0.2) is 40.5 Å². The maximum Gasteiger partial charge on any atom is 0.327 e. The van der Waals surface area contributed by atoms with Crippen molar-refractivity contribution in [1.29, 1.82) is 0 Å². The summed E-state index contributed by atoms with van der Waals surface area (Å²) in [7, 11) is -4.11. The lowest BCUT2D eigenvalue weighted by Gasteiger charge is -2.14. The molecule has 9 nitrogen and oxygen atoms in total. The first-order valence-corrected chi connectivity index (χ1v) is 11.3. The highest BCUT2D eigenvalue weighted by Crippen LogP contribution is 2.29. The molecule has 0 aliphatic carbocycles. The first kappa shape index (κ1) is 19.4. The number of fused-ring (bicyclic) bond motifs is 4. The molecule has 31 heavy (non-hydrogen) atoms. The van der Waals surface area contributed by atoms with Gasteiger partial charge in [-0.15, -0.1) is 0 Å². The molecule has 5 rings (SSSR count). The summed E-state index contributed by atoms with van der Waals surface area (Å²) in [5.41, 5.74) is 0.658. The largest absolute Gasteiger partial charge is 0.458 e. The molecule has 0 spiro atoms. The zero-order valence-corrected chi connectivity index (χ0v) is 17.4. The lowest BCUT2D eigenvalue weighted by molar-refractivity contribution is -0.144. The molecular formula is C20H13N3O6S2. The van der Waals surface area contributed by atoms with Crippen LogP contribution in [0, 0.1) is 0 Å². The summed E-state index contributed by atoms with van der Waals surface area (Å²) in [5.74, 6) is -1.71. The van der Waals surface area contributed by atoms with Crippen LogP contribution in [0.2, 0.25) is 0 Å². The third-order valence-electron chi connectivity index (χ3n) is 4.81. The zero-order valence-electron chi connectivity index (χ0n) is 15.7. The maximum absolute atomic E-state index is 12.5. The minimum Gasteiger partial charge on any atom is -0.458 e. The van der Waals surface area contributed by atoms with Gasteiger partial charge in [-0.3, -0.25) is 18.8 Å². The molecule has 4 aromatic rings. The number of sulfonamides is 1. The van der Waals surface area contributed by atoms with Gasteiger partial charge in [-0.25, -0.2) is 17.7 Å². The highest BCUT2D eigenvalue weighted by molar-refractivity contribution is 7.90. The normalized spacial score (nSPS) is 14.8. The number of amides is 1. The number of benzene rings is 2. The van der Waals surface area contributed by atoms with Gasteiger partial charge >= 0.3 is 5.97 Å². The zero-order chi connectivity index (χ0) is 21.8.